The second-order valence-electron chi connectivity index (χ2n) is 9.83. The minimum Gasteiger partial charge on any atom is -0.350 e. The van der Waals surface area contributed by atoms with Crippen LogP contribution in [0.5, 0.6) is 0 Å². The van der Waals surface area contributed by atoms with Gasteiger partial charge in [0.25, 0.3) is 0 Å². The third-order valence-corrected chi connectivity index (χ3v) is 8.44. The molecule has 1 amide bonds. The first kappa shape index (κ1) is 18.6. The van der Waals surface area contributed by atoms with Gasteiger partial charge in [0, 0.05) is 29.4 Å². The normalized spacial score (nSPS) is 37.9. The van der Waals surface area contributed by atoms with Gasteiger partial charge in [0.15, 0.2) is 5.72 Å². The zero-order valence-electron chi connectivity index (χ0n) is 17.6. The van der Waals surface area contributed by atoms with Crippen LogP contribution in [0.1, 0.15) is 62.0 Å². The predicted molar refractivity (Wildman–Crippen MR) is 117 cm³/mol. The van der Waals surface area contributed by atoms with Crippen LogP contribution in [0.25, 0.3) is 0 Å². The third kappa shape index (κ3) is 2.64. The van der Waals surface area contributed by atoms with Crippen LogP contribution < -0.4 is 0 Å². The van der Waals surface area contributed by atoms with Gasteiger partial charge in [-0.05, 0) is 43.6 Å². The van der Waals surface area contributed by atoms with Gasteiger partial charge >= 0.3 is 0 Å². The van der Waals surface area contributed by atoms with Gasteiger partial charge in [-0.3, -0.25) is 4.79 Å². The molecule has 2 aromatic carbocycles. The first-order valence-corrected chi connectivity index (χ1v) is 11.9. The molecule has 0 bridgehead atoms. The predicted octanol–water partition coefficient (Wildman–Crippen LogP) is 5.47. The molecule has 3 nitrogen and oxygen atoms in total. The summed E-state index contributed by atoms with van der Waals surface area (Å²) in [6, 6.07) is 21.9. The molecule has 3 heteroatoms. The molecule has 156 valence electrons. The van der Waals surface area contributed by atoms with Crippen molar-refractivity contribution in [3.8, 4) is 0 Å². The maximum absolute atomic E-state index is 13.9. The topological polar surface area (TPSA) is 29.5 Å². The number of fused-ring (bicyclic) bond motifs is 5. The molecule has 0 N–H and O–H groups in total. The molecule has 2 saturated carbocycles. The molecule has 2 aliphatic heterocycles. The maximum Gasteiger partial charge on any atom is 0.228 e. The zero-order chi connectivity index (χ0) is 20.1. The van der Waals surface area contributed by atoms with Crippen LogP contribution in [-0.2, 0) is 15.3 Å². The van der Waals surface area contributed by atoms with Crippen molar-refractivity contribution < 1.29 is 9.53 Å². The second-order valence-corrected chi connectivity index (χ2v) is 9.83. The van der Waals surface area contributed by atoms with Crippen LogP contribution >= 0.6 is 0 Å². The lowest BCUT2D eigenvalue weighted by molar-refractivity contribution is -0.241. The van der Waals surface area contributed by atoms with E-state index in [1.165, 1.54) is 30.4 Å². The molecule has 30 heavy (non-hydrogen) atoms. The number of carbonyl (C=O) groups is 1. The van der Waals surface area contributed by atoms with Crippen molar-refractivity contribution in [2.45, 2.75) is 62.6 Å². The molecular formula is C27H31NO2. The molecule has 6 atom stereocenters. The van der Waals surface area contributed by atoms with Gasteiger partial charge in [-0.15, -0.1) is 0 Å². The van der Waals surface area contributed by atoms with Gasteiger partial charge in [-0.1, -0.05) is 73.5 Å². The first-order valence-electron chi connectivity index (χ1n) is 11.9. The number of carbonyl (C=O) groups excluding carboxylic acids is 1. The Kier molecular flexibility index (Phi) is 4.49. The number of benzene rings is 2. The number of hydrogen-bond acceptors (Lipinski definition) is 2. The van der Waals surface area contributed by atoms with E-state index in [1.54, 1.807) is 0 Å². The van der Waals surface area contributed by atoms with Crippen LogP contribution in [0.2, 0.25) is 0 Å². The number of hydrogen-bond donors (Lipinski definition) is 0. The van der Waals surface area contributed by atoms with E-state index in [2.05, 4.69) is 65.6 Å². The van der Waals surface area contributed by atoms with E-state index in [0.29, 0.717) is 23.8 Å². The summed E-state index contributed by atoms with van der Waals surface area (Å²) >= 11 is 0. The van der Waals surface area contributed by atoms with Gasteiger partial charge < -0.3 is 9.64 Å². The monoisotopic (exact) mass is 401 g/mol. The van der Waals surface area contributed by atoms with Crippen LogP contribution in [-0.4, -0.2) is 23.5 Å². The molecule has 4 fully saturated rings. The van der Waals surface area contributed by atoms with Crippen LogP contribution in [0.3, 0.4) is 0 Å². The van der Waals surface area contributed by atoms with Crippen molar-refractivity contribution in [3.05, 3.63) is 71.8 Å². The van der Waals surface area contributed by atoms with E-state index in [9.17, 15) is 4.79 Å². The molecular weight excluding hydrogens is 370 g/mol. The Labute approximate surface area is 179 Å². The summed E-state index contributed by atoms with van der Waals surface area (Å²) in [6.45, 7) is 0.794. The minimum atomic E-state index is -0.574. The smallest absolute Gasteiger partial charge is 0.228 e. The Morgan fingerprint density at radius 3 is 2.40 bits per heavy atom. The average Bonchev–Trinajstić information content (AvgIpc) is 3.09. The van der Waals surface area contributed by atoms with E-state index in [1.807, 2.05) is 0 Å². The van der Waals surface area contributed by atoms with Crippen molar-refractivity contribution in [2.24, 2.45) is 17.8 Å². The summed E-state index contributed by atoms with van der Waals surface area (Å²) in [6.07, 6.45) is 7.95. The molecule has 2 aliphatic carbocycles. The molecule has 0 radical (unpaired) electrons. The number of nitrogens with zero attached hydrogens (tertiary/aromatic N) is 1. The van der Waals surface area contributed by atoms with E-state index < -0.39 is 5.72 Å². The summed E-state index contributed by atoms with van der Waals surface area (Å²) in [7, 11) is 0. The fraction of sp³-hybridized carbons (Fsp3) is 0.519. The zero-order valence-corrected chi connectivity index (χ0v) is 17.6. The number of ether oxygens (including phenoxy) is 1. The fourth-order valence-electron chi connectivity index (χ4n) is 7.10. The van der Waals surface area contributed by atoms with Gasteiger partial charge in [0.1, 0.15) is 0 Å². The second kappa shape index (κ2) is 7.23. The molecule has 0 spiro atoms. The highest BCUT2D eigenvalue weighted by Gasteiger charge is 2.65. The number of amides is 1. The Balaban J connectivity index is 1.45. The van der Waals surface area contributed by atoms with Crippen molar-refractivity contribution >= 4 is 5.91 Å². The van der Waals surface area contributed by atoms with Crippen LogP contribution in [0.4, 0.5) is 0 Å². The highest BCUT2D eigenvalue weighted by Crippen LogP contribution is 2.59. The summed E-state index contributed by atoms with van der Waals surface area (Å²) in [5.41, 5.74) is 2.02. The van der Waals surface area contributed by atoms with E-state index in [0.717, 1.165) is 32.3 Å². The lowest BCUT2D eigenvalue weighted by atomic mass is 9.68. The molecule has 2 heterocycles. The summed E-state index contributed by atoms with van der Waals surface area (Å²) in [4.78, 5) is 16.2. The van der Waals surface area contributed by atoms with Crippen LogP contribution in [0.15, 0.2) is 60.7 Å². The quantitative estimate of drug-likeness (QED) is 0.668. The average molecular weight is 402 g/mol. The molecule has 2 aromatic rings. The van der Waals surface area contributed by atoms with Gasteiger partial charge in [0.05, 0.1) is 6.61 Å². The van der Waals surface area contributed by atoms with Gasteiger partial charge in [0.2, 0.25) is 5.91 Å². The summed E-state index contributed by atoms with van der Waals surface area (Å²) in [5, 5.41) is 0. The largest absolute Gasteiger partial charge is 0.350 e. The molecule has 4 aliphatic rings. The maximum atomic E-state index is 13.9. The Morgan fingerprint density at radius 2 is 1.60 bits per heavy atom. The molecule has 6 unspecified atom stereocenters. The van der Waals surface area contributed by atoms with E-state index >= 15 is 0 Å². The van der Waals surface area contributed by atoms with Crippen molar-refractivity contribution in [3.63, 3.8) is 0 Å². The number of rotatable bonds is 2. The first-order chi connectivity index (χ1) is 14.8. The fourth-order valence-corrected chi connectivity index (χ4v) is 7.10. The summed E-state index contributed by atoms with van der Waals surface area (Å²) in [5.74, 6) is 1.71. The van der Waals surface area contributed by atoms with E-state index in [-0.39, 0.29) is 11.8 Å². The minimum absolute atomic E-state index is 0.103. The standard InChI is InChI=1S/C27H31NO2/c29-26-23-16-15-20(19-9-3-1-4-10-19)17-24(23)27(22-12-5-2-6-13-22)28(26)25-14-8-7-11-21(25)18-30-27/h1-6,9-10,12-13,20-21,23-25H,7-8,11,14-18H2. The van der Waals surface area contributed by atoms with Crippen molar-refractivity contribution in [2.75, 3.05) is 6.61 Å². The van der Waals surface area contributed by atoms with Crippen molar-refractivity contribution in [1.29, 1.82) is 0 Å². The Bertz CT molecular complexity index is 913. The lowest BCUT2D eigenvalue weighted by Crippen LogP contribution is -2.61. The third-order valence-electron chi connectivity index (χ3n) is 8.44. The highest BCUT2D eigenvalue weighted by atomic mass is 16.5. The molecule has 2 saturated heterocycles. The Morgan fingerprint density at radius 1 is 0.867 bits per heavy atom. The van der Waals surface area contributed by atoms with E-state index in [4.69, 9.17) is 4.74 Å². The molecule has 6 rings (SSSR count). The van der Waals surface area contributed by atoms with Gasteiger partial charge in [-0.2, -0.15) is 0 Å². The van der Waals surface area contributed by atoms with Crippen LogP contribution in [0, 0.1) is 17.8 Å². The van der Waals surface area contributed by atoms with Gasteiger partial charge in [-0.25, -0.2) is 0 Å². The lowest BCUT2D eigenvalue weighted by Gasteiger charge is -2.54. The molecule has 0 aromatic heterocycles. The van der Waals surface area contributed by atoms with Crippen molar-refractivity contribution in [1.82, 2.24) is 4.90 Å². The Hall–Kier alpha value is -2.13. The highest BCUT2D eigenvalue weighted by molar-refractivity contribution is 5.84. The SMILES string of the molecule is O=C1C2CCC(c3ccccc3)CC2C2(c3ccccc3)OCC3CCCCC3N12. The summed E-state index contributed by atoms with van der Waals surface area (Å²) < 4.78 is 6.87.